The van der Waals surface area contributed by atoms with Crippen molar-refractivity contribution >= 4 is 40.3 Å². The highest BCUT2D eigenvalue weighted by molar-refractivity contribution is 14.1. The Labute approximate surface area is 173 Å². The molecule has 0 N–H and O–H groups in total. The van der Waals surface area contributed by atoms with Crippen molar-refractivity contribution in [3.8, 4) is 0 Å². The quantitative estimate of drug-likeness (QED) is 0.416. The average molecular weight is 497 g/mol. The van der Waals surface area contributed by atoms with Crippen molar-refractivity contribution < 1.29 is 23.7 Å². The third-order valence-electron chi connectivity index (χ3n) is 4.99. The van der Waals surface area contributed by atoms with Crippen LogP contribution >= 0.6 is 34.4 Å². The fourth-order valence-electron chi connectivity index (χ4n) is 3.80. The van der Waals surface area contributed by atoms with Gasteiger partial charge in [-0.15, -0.1) is 0 Å². The molecule has 0 bridgehead atoms. The van der Waals surface area contributed by atoms with Gasteiger partial charge in [0.05, 0.1) is 12.6 Å². The van der Waals surface area contributed by atoms with Gasteiger partial charge in [0.25, 0.3) is 5.91 Å². The number of thioether (sulfide) groups is 1. The molecule has 5 atom stereocenters. The summed E-state index contributed by atoms with van der Waals surface area (Å²) in [4.78, 5) is 15.1. The van der Waals surface area contributed by atoms with Crippen LogP contribution in [0.3, 0.4) is 0 Å². The summed E-state index contributed by atoms with van der Waals surface area (Å²) in [7, 11) is 0. The average Bonchev–Trinajstić information content (AvgIpc) is 3.20. The smallest absolute Gasteiger partial charge is 0.257 e. The number of nitrogens with zero attached hydrogens (tertiary/aromatic N) is 1. The van der Waals surface area contributed by atoms with Gasteiger partial charge in [-0.05, 0) is 56.3 Å². The first kappa shape index (κ1) is 20.9. The molecule has 3 rings (SSSR count). The fourth-order valence-corrected chi connectivity index (χ4v) is 4.71. The Morgan fingerprint density at radius 2 is 2.00 bits per heavy atom. The van der Waals surface area contributed by atoms with E-state index >= 15 is 0 Å². The second-order valence-corrected chi connectivity index (χ2v) is 9.51. The zero-order valence-electron chi connectivity index (χ0n) is 15.9. The lowest BCUT2D eigenvalue weighted by molar-refractivity contribution is -0.148. The summed E-state index contributed by atoms with van der Waals surface area (Å²) in [5.74, 6) is 0.315. The van der Waals surface area contributed by atoms with E-state index in [1.807, 2.05) is 42.8 Å². The highest BCUT2D eigenvalue weighted by Crippen LogP contribution is 2.41. The Hall–Kier alpha value is 0.130. The zero-order valence-corrected chi connectivity index (χ0v) is 18.9. The van der Waals surface area contributed by atoms with Crippen LogP contribution in [0, 0.1) is 0 Å². The van der Waals surface area contributed by atoms with Crippen LogP contribution in [0.1, 0.15) is 34.1 Å². The van der Waals surface area contributed by atoms with Crippen LogP contribution in [-0.2, 0) is 23.7 Å². The van der Waals surface area contributed by atoms with Gasteiger partial charge in [-0.25, -0.2) is 0 Å². The lowest BCUT2D eigenvalue weighted by Crippen LogP contribution is -2.50. The molecule has 0 radical (unpaired) electrons. The summed E-state index contributed by atoms with van der Waals surface area (Å²) in [5, 5.41) is 0. The molecular weight excluding hydrogens is 469 g/mol. The number of ether oxygens (including phenoxy) is 4. The Morgan fingerprint density at radius 3 is 2.65 bits per heavy atom. The van der Waals surface area contributed by atoms with Crippen LogP contribution in [0.4, 0.5) is 0 Å². The fraction of sp³-hybridized carbons (Fsp3) is 0.833. The van der Waals surface area contributed by atoms with Gasteiger partial charge in [-0.1, -0.05) is 22.6 Å². The van der Waals surface area contributed by atoms with Crippen LogP contribution in [0.5, 0.6) is 0 Å². The molecule has 1 amide bonds. The van der Waals surface area contributed by atoms with E-state index in [4.69, 9.17) is 18.9 Å². The predicted octanol–water partition coefficient (Wildman–Crippen LogP) is 2.94. The number of hydrogen-bond donors (Lipinski definition) is 0. The Kier molecular flexibility index (Phi) is 6.31. The van der Waals surface area contributed by atoms with Gasteiger partial charge in [0.1, 0.15) is 24.0 Å². The SMILES string of the molecule is CSCC[C@H]1COC(C)(C)N1C(=O)[C@@H]1O[C@@H]1[C@H]1OC(C)(C)O[C@@H]1/C=C/I. The molecule has 3 saturated heterocycles. The molecule has 3 fully saturated rings. The van der Waals surface area contributed by atoms with E-state index in [0.717, 1.165) is 12.2 Å². The summed E-state index contributed by atoms with van der Waals surface area (Å²) < 4.78 is 25.5. The monoisotopic (exact) mass is 497 g/mol. The standard InChI is InChI=1S/C18H28INO5S/c1-17(2)20(11(10-22-17)7-9-26-5)16(21)15-14(23-15)13-12(6-8-19)24-18(3,4)25-13/h6,8,11-15H,7,9-10H2,1-5H3/b8-6+/t11-,12+,13-,14+,15+/m0/s1. The molecule has 0 spiro atoms. The second-order valence-electron chi connectivity index (χ2n) is 7.81. The maximum atomic E-state index is 13.2. The Balaban J connectivity index is 1.69. The molecule has 0 aromatic rings. The molecule has 8 heteroatoms. The first-order chi connectivity index (χ1) is 12.2. The predicted molar refractivity (Wildman–Crippen MR) is 109 cm³/mol. The van der Waals surface area contributed by atoms with E-state index in [-0.39, 0.29) is 30.3 Å². The largest absolute Gasteiger partial charge is 0.356 e. The van der Waals surface area contributed by atoms with E-state index in [2.05, 4.69) is 28.8 Å². The van der Waals surface area contributed by atoms with Crippen molar-refractivity contribution in [1.82, 2.24) is 4.90 Å². The third-order valence-corrected chi connectivity index (χ3v) is 6.04. The van der Waals surface area contributed by atoms with Crippen LogP contribution in [0.25, 0.3) is 0 Å². The van der Waals surface area contributed by atoms with Crippen molar-refractivity contribution in [1.29, 1.82) is 0 Å². The van der Waals surface area contributed by atoms with Crippen molar-refractivity contribution in [2.24, 2.45) is 0 Å². The van der Waals surface area contributed by atoms with Gasteiger partial charge in [0, 0.05) is 0 Å². The molecule has 0 saturated carbocycles. The van der Waals surface area contributed by atoms with E-state index in [0.29, 0.717) is 6.61 Å². The number of carbonyl (C=O) groups is 1. The molecule has 0 unspecified atom stereocenters. The first-order valence-corrected chi connectivity index (χ1v) is 11.6. The van der Waals surface area contributed by atoms with Gasteiger partial charge in [0.2, 0.25) is 0 Å². The summed E-state index contributed by atoms with van der Waals surface area (Å²) in [6.45, 7) is 8.24. The van der Waals surface area contributed by atoms with Crippen LogP contribution in [-0.4, -0.2) is 71.4 Å². The summed E-state index contributed by atoms with van der Waals surface area (Å²) >= 11 is 3.94. The summed E-state index contributed by atoms with van der Waals surface area (Å²) in [6.07, 6.45) is 3.70. The normalized spacial score (nSPS) is 38.2. The third kappa shape index (κ3) is 4.25. The maximum Gasteiger partial charge on any atom is 0.257 e. The minimum atomic E-state index is -0.679. The second kappa shape index (κ2) is 7.87. The number of carbonyl (C=O) groups excluding carboxylic acids is 1. The summed E-state index contributed by atoms with van der Waals surface area (Å²) in [5.41, 5.74) is -0.607. The highest BCUT2D eigenvalue weighted by Gasteiger charge is 2.60. The van der Waals surface area contributed by atoms with Crippen LogP contribution in [0.15, 0.2) is 10.2 Å². The van der Waals surface area contributed by atoms with E-state index in [9.17, 15) is 4.79 Å². The topological polar surface area (TPSA) is 60.5 Å². The number of hydrogen-bond acceptors (Lipinski definition) is 6. The molecule has 3 aliphatic rings. The number of rotatable bonds is 6. The number of halogens is 1. The van der Waals surface area contributed by atoms with Gasteiger partial charge >= 0.3 is 0 Å². The molecule has 3 aliphatic heterocycles. The van der Waals surface area contributed by atoms with Gasteiger partial charge in [-0.3, -0.25) is 4.79 Å². The zero-order chi connectivity index (χ0) is 19.1. The summed E-state index contributed by atoms with van der Waals surface area (Å²) in [6, 6.07) is 0.0945. The number of epoxide rings is 1. The van der Waals surface area contributed by atoms with Crippen molar-refractivity contribution in [3.63, 3.8) is 0 Å². The van der Waals surface area contributed by atoms with Gasteiger partial charge in [-0.2, -0.15) is 11.8 Å². The Morgan fingerprint density at radius 1 is 1.27 bits per heavy atom. The molecule has 3 heterocycles. The molecule has 0 aromatic heterocycles. The molecule has 148 valence electrons. The first-order valence-electron chi connectivity index (χ1n) is 8.94. The molecular formula is C18H28INO5S. The molecule has 0 aliphatic carbocycles. The van der Waals surface area contributed by atoms with E-state index in [1.54, 1.807) is 11.8 Å². The maximum absolute atomic E-state index is 13.2. The molecule has 0 aromatic carbocycles. The van der Waals surface area contributed by atoms with Crippen molar-refractivity contribution in [3.05, 3.63) is 10.2 Å². The lowest BCUT2D eigenvalue weighted by Gasteiger charge is -2.33. The molecule has 26 heavy (non-hydrogen) atoms. The van der Waals surface area contributed by atoms with Crippen molar-refractivity contribution in [2.45, 2.75) is 76.1 Å². The van der Waals surface area contributed by atoms with Gasteiger partial charge in [0.15, 0.2) is 11.9 Å². The van der Waals surface area contributed by atoms with E-state index < -0.39 is 17.6 Å². The van der Waals surface area contributed by atoms with E-state index in [1.165, 1.54) is 0 Å². The van der Waals surface area contributed by atoms with Crippen LogP contribution < -0.4 is 0 Å². The minimum Gasteiger partial charge on any atom is -0.356 e. The van der Waals surface area contributed by atoms with Crippen molar-refractivity contribution in [2.75, 3.05) is 18.6 Å². The Bertz CT molecular complexity index is 570. The van der Waals surface area contributed by atoms with Crippen LogP contribution in [0.2, 0.25) is 0 Å². The van der Waals surface area contributed by atoms with Gasteiger partial charge < -0.3 is 23.8 Å². The number of amides is 1. The minimum absolute atomic E-state index is 0.00545. The lowest BCUT2D eigenvalue weighted by atomic mass is 10.1. The highest BCUT2D eigenvalue weighted by atomic mass is 127. The molecule has 6 nitrogen and oxygen atoms in total.